The van der Waals surface area contributed by atoms with Crippen LogP contribution in [-0.2, 0) is 4.74 Å². The Hall–Kier alpha value is -2.15. The summed E-state index contributed by atoms with van der Waals surface area (Å²) in [5.74, 6) is 0.565. The van der Waals surface area contributed by atoms with Gasteiger partial charge in [-0.3, -0.25) is 0 Å². The van der Waals surface area contributed by atoms with Crippen molar-refractivity contribution >= 4 is 0 Å². The smallest absolute Gasteiger partial charge is 0.261 e. The molecule has 0 aliphatic rings. The molecule has 6 nitrogen and oxygen atoms in total. The highest BCUT2D eigenvalue weighted by Gasteiger charge is 2.20. The number of hydrogen-bond acceptors (Lipinski definition) is 6. The third-order valence-corrected chi connectivity index (χ3v) is 2.93. The molecule has 1 aromatic carbocycles. The van der Waals surface area contributed by atoms with E-state index >= 15 is 0 Å². The number of methoxy groups -OCH3 is 2. The first-order chi connectivity index (χ1) is 10.1. The van der Waals surface area contributed by atoms with Crippen molar-refractivity contribution in [2.75, 3.05) is 20.8 Å². The normalized spacial score (nSPS) is 12.2. The number of nitrogens with zero attached hydrogens (tertiary/aromatic N) is 2. The van der Waals surface area contributed by atoms with Crippen LogP contribution in [0.5, 0.6) is 11.5 Å². The Labute approximate surface area is 121 Å². The fourth-order valence-corrected chi connectivity index (χ4v) is 1.85. The van der Waals surface area contributed by atoms with E-state index in [2.05, 4.69) is 10.1 Å². The molecule has 7 heteroatoms. The minimum absolute atomic E-state index is 0.0648. The SMILES string of the molecule is CCO[C@H](C)c1noc(-c2cc(OC)c(OC)cc2F)n1. The Morgan fingerprint density at radius 3 is 2.52 bits per heavy atom. The Balaban J connectivity index is 2.38. The zero-order valence-electron chi connectivity index (χ0n) is 12.3. The van der Waals surface area contributed by atoms with Crippen LogP contribution in [-0.4, -0.2) is 31.0 Å². The van der Waals surface area contributed by atoms with Gasteiger partial charge in [0.15, 0.2) is 11.5 Å². The van der Waals surface area contributed by atoms with Crippen molar-refractivity contribution in [3.8, 4) is 23.0 Å². The molecule has 1 atom stereocenters. The maximum atomic E-state index is 14.1. The van der Waals surface area contributed by atoms with Crippen LogP contribution in [0.3, 0.4) is 0 Å². The van der Waals surface area contributed by atoms with E-state index in [0.29, 0.717) is 23.9 Å². The van der Waals surface area contributed by atoms with Crippen molar-refractivity contribution < 1.29 is 23.1 Å². The topological polar surface area (TPSA) is 66.6 Å². The number of hydrogen-bond donors (Lipinski definition) is 0. The zero-order valence-corrected chi connectivity index (χ0v) is 12.3. The van der Waals surface area contributed by atoms with E-state index in [9.17, 15) is 4.39 Å². The van der Waals surface area contributed by atoms with Crippen molar-refractivity contribution in [1.29, 1.82) is 0 Å². The fourth-order valence-electron chi connectivity index (χ4n) is 1.85. The van der Waals surface area contributed by atoms with Crippen molar-refractivity contribution in [2.45, 2.75) is 20.0 Å². The number of aromatic nitrogens is 2. The van der Waals surface area contributed by atoms with Crippen molar-refractivity contribution in [1.82, 2.24) is 10.1 Å². The van der Waals surface area contributed by atoms with Crippen LogP contribution in [0.2, 0.25) is 0 Å². The first-order valence-electron chi connectivity index (χ1n) is 6.47. The van der Waals surface area contributed by atoms with Gasteiger partial charge in [-0.2, -0.15) is 4.98 Å². The number of halogens is 1. The van der Waals surface area contributed by atoms with Gasteiger partial charge in [-0.25, -0.2) is 4.39 Å². The predicted octanol–water partition coefficient (Wildman–Crippen LogP) is 2.99. The van der Waals surface area contributed by atoms with Gasteiger partial charge in [-0.05, 0) is 19.9 Å². The number of benzene rings is 1. The average molecular weight is 296 g/mol. The van der Waals surface area contributed by atoms with Gasteiger partial charge in [0, 0.05) is 12.7 Å². The number of ether oxygens (including phenoxy) is 3. The summed E-state index contributed by atoms with van der Waals surface area (Å²) in [7, 11) is 2.90. The van der Waals surface area contributed by atoms with E-state index in [-0.39, 0.29) is 17.6 Å². The molecule has 0 spiro atoms. The maximum absolute atomic E-state index is 14.1. The Kier molecular flexibility index (Phi) is 4.74. The molecule has 1 heterocycles. The summed E-state index contributed by atoms with van der Waals surface area (Å²) in [5, 5.41) is 3.80. The van der Waals surface area contributed by atoms with E-state index < -0.39 is 5.82 Å². The molecular weight excluding hydrogens is 279 g/mol. The summed E-state index contributed by atoms with van der Waals surface area (Å²) < 4.78 is 34.7. The van der Waals surface area contributed by atoms with Crippen LogP contribution >= 0.6 is 0 Å². The van der Waals surface area contributed by atoms with Gasteiger partial charge in [-0.1, -0.05) is 5.16 Å². The second-order valence-electron chi connectivity index (χ2n) is 4.24. The zero-order chi connectivity index (χ0) is 15.4. The quantitative estimate of drug-likeness (QED) is 0.816. The van der Waals surface area contributed by atoms with Gasteiger partial charge in [0.2, 0.25) is 5.82 Å². The Morgan fingerprint density at radius 2 is 1.90 bits per heavy atom. The lowest BCUT2D eigenvalue weighted by Crippen LogP contribution is -2.01. The van der Waals surface area contributed by atoms with Gasteiger partial charge in [0.05, 0.1) is 19.8 Å². The predicted molar refractivity (Wildman–Crippen MR) is 72.8 cm³/mol. The standard InChI is InChI=1S/C14H17FN2O4/c1-5-20-8(2)13-16-14(21-17-13)9-6-11(18-3)12(19-4)7-10(9)15/h6-8H,5H2,1-4H3/t8-/m1/s1. The molecule has 0 bridgehead atoms. The van der Waals surface area contributed by atoms with Crippen molar-refractivity contribution in [2.24, 2.45) is 0 Å². The number of rotatable bonds is 6. The molecule has 2 rings (SSSR count). The average Bonchev–Trinajstić information content (AvgIpc) is 2.96. The summed E-state index contributed by atoms with van der Waals surface area (Å²) in [6.07, 6.45) is -0.323. The molecule has 0 amide bonds. The highest BCUT2D eigenvalue weighted by Crippen LogP contribution is 2.34. The molecular formula is C14H17FN2O4. The fraction of sp³-hybridized carbons (Fsp3) is 0.429. The van der Waals surface area contributed by atoms with E-state index in [1.807, 2.05) is 6.92 Å². The lowest BCUT2D eigenvalue weighted by atomic mass is 10.2. The van der Waals surface area contributed by atoms with Crippen LogP contribution in [0, 0.1) is 5.82 Å². The van der Waals surface area contributed by atoms with Crippen molar-refractivity contribution in [3.05, 3.63) is 23.8 Å². The third kappa shape index (κ3) is 3.13. The van der Waals surface area contributed by atoms with Gasteiger partial charge >= 0.3 is 0 Å². The first kappa shape index (κ1) is 15.2. The van der Waals surface area contributed by atoms with Gasteiger partial charge < -0.3 is 18.7 Å². The van der Waals surface area contributed by atoms with Crippen molar-refractivity contribution in [3.63, 3.8) is 0 Å². The van der Waals surface area contributed by atoms with Gasteiger partial charge in [-0.15, -0.1) is 0 Å². The minimum atomic E-state index is -0.535. The first-order valence-corrected chi connectivity index (χ1v) is 6.47. The molecule has 0 aliphatic carbocycles. The second-order valence-corrected chi connectivity index (χ2v) is 4.24. The minimum Gasteiger partial charge on any atom is -0.493 e. The molecule has 0 radical (unpaired) electrons. The van der Waals surface area contributed by atoms with E-state index in [4.69, 9.17) is 18.7 Å². The molecule has 0 fully saturated rings. The van der Waals surface area contributed by atoms with Crippen LogP contribution in [0.4, 0.5) is 4.39 Å². The molecule has 2 aromatic rings. The summed E-state index contributed by atoms with van der Waals surface area (Å²) in [5.41, 5.74) is 0.148. The van der Waals surface area contributed by atoms with Gasteiger partial charge in [0.1, 0.15) is 11.9 Å². The monoisotopic (exact) mass is 296 g/mol. The summed E-state index contributed by atoms with van der Waals surface area (Å²) in [6, 6.07) is 2.67. The maximum Gasteiger partial charge on any atom is 0.261 e. The molecule has 0 N–H and O–H groups in total. The molecule has 0 saturated carbocycles. The van der Waals surface area contributed by atoms with Crippen LogP contribution in [0.15, 0.2) is 16.7 Å². The van der Waals surface area contributed by atoms with Crippen LogP contribution in [0.1, 0.15) is 25.8 Å². The van der Waals surface area contributed by atoms with E-state index in [1.54, 1.807) is 6.92 Å². The summed E-state index contributed by atoms with van der Waals surface area (Å²) >= 11 is 0. The molecule has 1 aromatic heterocycles. The third-order valence-electron chi connectivity index (χ3n) is 2.93. The lowest BCUT2D eigenvalue weighted by molar-refractivity contribution is 0.0683. The lowest BCUT2D eigenvalue weighted by Gasteiger charge is -2.08. The van der Waals surface area contributed by atoms with Gasteiger partial charge in [0.25, 0.3) is 5.89 Å². The Morgan fingerprint density at radius 1 is 1.24 bits per heavy atom. The Bertz CT molecular complexity index is 615. The van der Waals surface area contributed by atoms with E-state index in [1.165, 1.54) is 26.4 Å². The molecule has 114 valence electrons. The molecule has 0 unspecified atom stereocenters. The highest BCUT2D eigenvalue weighted by molar-refractivity contribution is 5.60. The molecule has 0 saturated heterocycles. The van der Waals surface area contributed by atoms with Crippen LogP contribution < -0.4 is 9.47 Å². The second kappa shape index (κ2) is 6.53. The summed E-state index contributed by atoms with van der Waals surface area (Å²) in [4.78, 5) is 4.15. The molecule has 21 heavy (non-hydrogen) atoms. The highest BCUT2D eigenvalue weighted by atomic mass is 19.1. The molecule has 0 aliphatic heterocycles. The van der Waals surface area contributed by atoms with Crippen LogP contribution in [0.25, 0.3) is 11.5 Å². The largest absolute Gasteiger partial charge is 0.493 e. The van der Waals surface area contributed by atoms with E-state index in [0.717, 1.165) is 0 Å². The summed E-state index contributed by atoms with van der Waals surface area (Å²) in [6.45, 7) is 4.18.